The van der Waals surface area contributed by atoms with Crippen molar-refractivity contribution >= 4 is 30.7 Å². The second-order valence-electron chi connectivity index (χ2n) is 8.39. The molecule has 2 atom stereocenters. The Bertz CT molecular complexity index is 591. The minimum Gasteiger partial charge on any atom is -0.379 e. The maximum atomic E-state index is 12.8. The number of nitrogens with zero attached hydrogens (tertiary/aromatic N) is 1. The molecule has 3 N–H and O–H groups in total. The van der Waals surface area contributed by atoms with Gasteiger partial charge in [-0.1, -0.05) is 56.5 Å². The van der Waals surface area contributed by atoms with Gasteiger partial charge in [-0.25, -0.2) is 0 Å². The molecule has 1 aromatic carbocycles. The van der Waals surface area contributed by atoms with Crippen LogP contribution >= 0.6 is 24.8 Å². The Morgan fingerprint density at radius 1 is 1.14 bits per heavy atom. The fourth-order valence-corrected chi connectivity index (χ4v) is 4.49. The van der Waals surface area contributed by atoms with E-state index in [1.807, 2.05) is 37.3 Å². The average molecular weight is 446 g/mol. The van der Waals surface area contributed by atoms with Crippen LogP contribution in [0.25, 0.3) is 0 Å². The zero-order valence-corrected chi connectivity index (χ0v) is 19.1. The number of benzene rings is 1. The summed E-state index contributed by atoms with van der Waals surface area (Å²) in [5, 5.41) is 3.26. The largest absolute Gasteiger partial charge is 0.379 e. The SMILES string of the molecule is CC(C(=O)NCC1(CN2CCOCC2)CCCCC1)C(N)c1ccccc1.Cl.Cl. The number of nitrogens with two attached hydrogens (primary N) is 1. The van der Waals surface area contributed by atoms with Crippen LogP contribution < -0.4 is 11.1 Å². The molecular weight excluding hydrogens is 409 g/mol. The van der Waals surface area contributed by atoms with Crippen molar-refractivity contribution in [3.05, 3.63) is 35.9 Å². The van der Waals surface area contributed by atoms with Gasteiger partial charge in [-0.05, 0) is 18.4 Å². The maximum absolute atomic E-state index is 12.8. The minimum atomic E-state index is -0.271. The normalized spacial score (nSPS) is 21.2. The predicted molar refractivity (Wildman–Crippen MR) is 123 cm³/mol. The second-order valence-corrected chi connectivity index (χ2v) is 8.39. The van der Waals surface area contributed by atoms with Crippen LogP contribution in [0.1, 0.15) is 50.6 Å². The lowest BCUT2D eigenvalue weighted by atomic mass is 9.73. The fourth-order valence-electron chi connectivity index (χ4n) is 4.49. The average Bonchev–Trinajstić information content (AvgIpc) is 2.73. The Morgan fingerprint density at radius 2 is 1.76 bits per heavy atom. The Labute approximate surface area is 187 Å². The van der Waals surface area contributed by atoms with E-state index in [0.29, 0.717) is 0 Å². The van der Waals surface area contributed by atoms with Crippen LogP contribution in [0.15, 0.2) is 30.3 Å². The van der Waals surface area contributed by atoms with Gasteiger partial charge in [-0.2, -0.15) is 0 Å². The first kappa shape index (κ1) is 26.2. The molecule has 1 heterocycles. The van der Waals surface area contributed by atoms with E-state index in [2.05, 4.69) is 10.2 Å². The Balaban J connectivity index is 0.00000210. The van der Waals surface area contributed by atoms with E-state index in [0.717, 1.165) is 45.0 Å². The summed E-state index contributed by atoms with van der Waals surface area (Å²) in [5.41, 5.74) is 7.56. The Kier molecular flexibility index (Phi) is 11.5. The molecule has 1 aliphatic heterocycles. The molecule has 1 saturated carbocycles. The molecule has 1 aliphatic carbocycles. The van der Waals surface area contributed by atoms with Crippen molar-refractivity contribution in [1.29, 1.82) is 0 Å². The molecule has 0 spiro atoms. The van der Waals surface area contributed by atoms with Gasteiger partial charge in [0.1, 0.15) is 0 Å². The van der Waals surface area contributed by atoms with Crippen LogP contribution in [0.5, 0.6) is 0 Å². The second kappa shape index (κ2) is 12.8. The van der Waals surface area contributed by atoms with E-state index in [-0.39, 0.29) is 48.1 Å². The number of carbonyl (C=O) groups excluding carboxylic acids is 1. The van der Waals surface area contributed by atoms with E-state index < -0.39 is 0 Å². The standard InChI is InChI=1S/C22H35N3O2.2ClH/c1-18(20(23)19-8-4-2-5-9-19)21(26)24-16-22(10-6-3-7-11-22)17-25-12-14-27-15-13-25;;/h2,4-5,8-9,18,20H,3,6-7,10-17,23H2,1H3,(H,24,26);2*1H. The highest BCUT2D eigenvalue weighted by atomic mass is 35.5. The molecule has 3 rings (SSSR count). The molecular formula is C22H37Cl2N3O2. The summed E-state index contributed by atoms with van der Waals surface area (Å²) in [5.74, 6) is -0.172. The van der Waals surface area contributed by atoms with Gasteiger partial charge in [0.25, 0.3) is 0 Å². The molecule has 0 radical (unpaired) electrons. The van der Waals surface area contributed by atoms with Crippen molar-refractivity contribution in [3.63, 3.8) is 0 Å². The zero-order valence-electron chi connectivity index (χ0n) is 17.5. The summed E-state index contributed by atoms with van der Waals surface area (Å²) < 4.78 is 5.49. The molecule has 7 heteroatoms. The van der Waals surface area contributed by atoms with Crippen LogP contribution in [-0.4, -0.2) is 50.2 Å². The van der Waals surface area contributed by atoms with Crippen molar-refractivity contribution in [2.45, 2.75) is 45.1 Å². The van der Waals surface area contributed by atoms with E-state index in [1.165, 1.54) is 32.1 Å². The fraction of sp³-hybridized carbons (Fsp3) is 0.682. The number of ether oxygens (including phenoxy) is 1. The molecule has 166 valence electrons. The first-order valence-electron chi connectivity index (χ1n) is 10.5. The van der Waals surface area contributed by atoms with Gasteiger partial charge < -0.3 is 15.8 Å². The van der Waals surface area contributed by atoms with Crippen LogP contribution in [0.2, 0.25) is 0 Å². The third-order valence-corrected chi connectivity index (χ3v) is 6.35. The number of nitrogens with one attached hydrogen (secondary N) is 1. The number of rotatable bonds is 7. The van der Waals surface area contributed by atoms with E-state index in [9.17, 15) is 4.79 Å². The van der Waals surface area contributed by atoms with Gasteiger partial charge in [0.05, 0.1) is 19.1 Å². The first-order valence-corrected chi connectivity index (χ1v) is 10.5. The lowest BCUT2D eigenvalue weighted by Gasteiger charge is -2.42. The molecule has 0 bridgehead atoms. The molecule has 5 nitrogen and oxygen atoms in total. The lowest BCUT2D eigenvalue weighted by molar-refractivity contribution is -0.126. The van der Waals surface area contributed by atoms with Crippen molar-refractivity contribution in [2.75, 3.05) is 39.4 Å². The van der Waals surface area contributed by atoms with Gasteiger partial charge >= 0.3 is 0 Å². The number of morpholine rings is 1. The highest BCUT2D eigenvalue weighted by Gasteiger charge is 2.35. The lowest BCUT2D eigenvalue weighted by Crippen LogP contribution is -2.50. The summed E-state index contributed by atoms with van der Waals surface area (Å²) in [4.78, 5) is 15.3. The van der Waals surface area contributed by atoms with E-state index in [4.69, 9.17) is 10.5 Å². The van der Waals surface area contributed by atoms with E-state index in [1.54, 1.807) is 0 Å². The van der Waals surface area contributed by atoms with Gasteiger partial charge in [-0.15, -0.1) is 24.8 Å². The number of halogens is 2. The Morgan fingerprint density at radius 3 is 2.38 bits per heavy atom. The third-order valence-electron chi connectivity index (χ3n) is 6.35. The summed E-state index contributed by atoms with van der Waals surface area (Å²) in [7, 11) is 0. The van der Waals surface area contributed by atoms with Crippen LogP contribution in [0, 0.1) is 11.3 Å². The van der Waals surface area contributed by atoms with Crippen LogP contribution in [0.3, 0.4) is 0 Å². The molecule has 1 amide bonds. The number of amides is 1. The summed E-state index contributed by atoms with van der Waals surface area (Å²) in [6.45, 7) is 7.42. The van der Waals surface area contributed by atoms with Gasteiger partial charge in [0, 0.05) is 37.6 Å². The molecule has 2 unspecified atom stereocenters. The molecule has 2 fully saturated rings. The highest BCUT2D eigenvalue weighted by molar-refractivity contribution is 5.85. The van der Waals surface area contributed by atoms with Crippen molar-refractivity contribution in [1.82, 2.24) is 10.2 Å². The topological polar surface area (TPSA) is 67.6 Å². The smallest absolute Gasteiger partial charge is 0.224 e. The van der Waals surface area contributed by atoms with Gasteiger partial charge in [-0.3, -0.25) is 9.69 Å². The highest BCUT2D eigenvalue weighted by Crippen LogP contribution is 2.37. The summed E-state index contributed by atoms with van der Waals surface area (Å²) in [6, 6.07) is 9.63. The minimum absolute atomic E-state index is 0. The monoisotopic (exact) mass is 445 g/mol. The first-order chi connectivity index (χ1) is 13.1. The number of carbonyl (C=O) groups is 1. The molecule has 2 aliphatic rings. The van der Waals surface area contributed by atoms with Crippen LogP contribution in [0.4, 0.5) is 0 Å². The number of hydrogen-bond donors (Lipinski definition) is 2. The quantitative estimate of drug-likeness (QED) is 0.672. The van der Waals surface area contributed by atoms with Crippen molar-refractivity contribution < 1.29 is 9.53 Å². The van der Waals surface area contributed by atoms with E-state index >= 15 is 0 Å². The molecule has 1 saturated heterocycles. The van der Waals surface area contributed by atoms with Gasteiger partial charge in [0.2, 0.25) is 5.91 Å². The third kappa shape index (κ3) is 7.41. The Hall–Kier alpha value is -0.850. The molecule has 29 heavy (non-hydrogen) atoms. The summed E-state index contributed by atoms with van der Waals surface area (Å²) in [6.07, 6.45) is 6.24. The number of hydrogen-bond acceptors (Lipinski definition) is 4. The van der Waals surface area contributed by atoms with Crippen LogP contribution in [-0.2, 0) is 9.53 Å². The zero-order chi connectivity index (χ0) is 19.1. The maximum Gasteiger partial charge on any atom is 0.224 e. The summed E-state index contributed by atoms with van der Waals surface area (Å²) >= 11 is 0. The predicted octanol–water partition coefficient (Wildman–Crippen LogP) is 3.57. The molecule has 1 aromatic rings. The molecule has 0 aromatic heterocycles. The van der Waals surface area contributed by atoms with Crippen molar-refractivity contribution in [2.24, 2.45) is 17.1 Å². The van der Waals surface area contributed by atoms with Gasteiger partial charge in [0.15, 0.2) is 0 Å². The van der Waals surface area contributed by atoms with Crippen molar-refractivity contribution in [3.8, 4) is 0 Å².